The molecule has 170 valence electrons. The van der Waals surface area contributed by atoms with Crippen molar-refractivity contribution in [3.05, 3.63) is 66.7 Å². The van der Waals surface area contributed by atoms with Crippen LogP contribution >= 0.6 is 11.3 Å². The van der Waals surface area contributed by atoms with Gasteiger partial charge in [0.15, 0.2) is 5.75 Å². The molecule has 1 aliphatic rings. The fourth-order valence-corrected chi connectivity index (χ4v) is 5.36. The molecule has 1 aromatic heterocycles. The van der Waals surface area contributed by atoms with Crippen molar-refractivity contribution in [3.63, 3.8) is 0 Å². The second-order valence-electron chi connectivity index (χ2n) is 8.32. The summed E-state index contributed by atoms with van der Waals surface area (Å²) in [6.07, 6.45) is 3.91. The number of phenolic OH excluding ortho intramolecular Hbond substituents is 2. The number of nitrogens with zero attached hydrogens (tertiary/aromatic N) is 1. The lowest BCUT2D eigenvalue weighted by atomic mass is 10.1. The first-order chi connectivity index (χ1) is 16.2. The maximum Gasteiger partial charge on any atom is 0.153 e. The zero-order valence-electron chi connectivity index (χ0n) is 18.4. The van der Waals surface area contributed by atoms with Crippen molar-refractivity contribution in [2.45, 2.75) is 19.3 Å². The van der Waals surface area contributed by atoms with Gasteiger partial charge in [0.05, 0.1) is 4.88 Å². The molecule has 1 saturated heterocycles. The molecule has 1 aliphatic heterocycles. The molecule has 6 heteroatoms. The van der Waals surface area contributed by atoms with Crippen LogP contribution in [0.4, 0.5) is 0 Å². The second kappa shape index (κ2) is 9.73. The lowest BCUT2D eigenvalue weighted by Crippen LogP contribution is -2.33. The molecule has 2 heterocycles. The van der Waals surface area contributed by atoms with Gasteiger partial charge in [-0.3, -0.25) is 4.90 Å². The van der Waals surface area contributed by atoms with Gasteiger partial charge in [0, 0.05) is 16.6 Å². The summed E-state index contributed by atoms with van der Waals surface area (Å²) in [7, 11) is 0. The molecular formula is C27H27NO4S. The number of piperidine rings is 1. The number of ether oxygens (including phenoxy) is 2. The van der Waals surface area contributed by atoms with Crippen molar-refractivity contribution < 1.29 is 19.7 Å². The summed E-state index contributed by atoms with van der Waals surface area (Å²) < 4.78 is 13.2. The molecule has 0 atom stereocenters. The quantitative estimate of drug-likeness (QED) is 0.323. The minimum atomic E-state index is 0.199. The molecule has 0 radical (unpaired) electrons. The SMILES string of the molecule is Oc1cccc(-c2sc3cc(O)ccc3c2Oc2ccc(OCCN3CCCCC3)cc2)c1. The van der Waals surface area contributed by atoms with Crippen LogP contribution in [0.1, 0.15) is 19.3 Å². The second-order valence-corrected chi connectivity index (χ2v) is 9.37. The molecule has 2 N–H and O–H groups in total. The van der Waals surface area contributed by atoms with Crippen molar-refractivity contribution in [1.82, 2.24) is 4.90 Å². The average Bonchev–Trinajstić information content (AvgIpc) is 3.18. The molecule has 1 fully saturated rings. The molecule has 4 aromatic rings. The zero-order chi connectivity index (χ0) is 22.6. The van der Waals surface area contributed by atoms with Crippen LogP contribution in [0.25, 0.3) is 20.5 Å². The molecule has 5 rings (SSSR count). The van der Waals surface area contributed by atoms with Crippen molar-refractivity contribution >= 4 is 21.4 Å². The highest BCUT2D eigenvalue weighted by molar-refractivity contribution is 7.22. The van der Waals surface area contributed by atoms with Crippen LogP contribution < -0.4 is 9.47 Å². The molecule has 0 amide bonds. The highest BCUT2D eigenvalue weighted by Crippen LogP contribution is 2.47. The Morgan fingerprint density at radius 1 is 0.818 bits per heavy atom. The largest absolute Gasteiger partial charge is 0.508 e. The number of thiophene rings is 1. The number of aromatic hydroxyl groups is 2. The van der Waals surface area contributed by atoms with Crippen LogP contribution in [-0.2, 0) is 0 Å². The molecule has 0 bridgehead atoms. The van der Waals surface area contributed by atoms with Gasteiger partial charge in [-0.05, 0) is 86.1 Å². The molecule has 3 aromatic carbocycles. The number of likely N-dealkylation sites (tertiary alicyclic amines) is 1. The monoisotopic (exact) mass is 461 g/mol. The van der Waals surface area contributed by atoms with Crippen LogP contribution in [0.3, 0.4) is 0 Å². The van der Waals surface area contributed by atoms with Crippen molar-refractivity contribution in [3.8, 4) is 39.2 Å². The third-order valence-electron chi connectivity index (χ3n) is 5.90. The first-order valence-electron chi connectivity index (χ1n) is 11.3. The molecule has 5 nitrogen and oxygen atoms in total. The maximum absolute atomic E-state index is 9.97. The van der Waals surface area contributed by atoms with Gasteiger partial charge in [-0.2, -0.15) is 0 Å². The van der Waals surface area contributed by atoms with Gasteiger partial charge in [-0.25, -0.2) is 0 Å². The van der Waals surface area contributed by atoms with Gasteiger partial charge >= 0.3 is 0 Å². The van der Waals surface area contributed by atoms with Gasteiger partial charge in [-0.1, -0.05) is 18.6 Å². The highest BCUT2D eigenvalue weighted by atomic mass is 32.1. The zero-order valence-corrected chi connectivity index (χ0v) is 19.2. The van der Waals surface area contributed by atoms with Crippen LogP contribution in [-0.4, -0.2) is 41.4 Å². The van der Waals surface area contributed by atoms with Crippen LogP contribution in [0.5, 0.6) is 28.7 Å². The van der Waals surface area contributed by atoms with Gasteiger partial charge < -0.3 is 19.7 Å². The lowest BCUT2D eigenvalue weighted by molar-refractivity contribution is 0.183. The van der Waals surface area contributed by atoms with E-state index in [1.807, 2.05) is 42.5 Å². The van der Waals surface area contributed by atoms with Crippen LogP contribution in [0.2, 0.25) is 0 Å². The van der Waals surface area contributed by atoms with E-state index in [2.05, 4.69) is 4.90 Å². The molecule has 33 heavy (non-hydrogen) atoms. The minimum Gasteiger partial charge on any atom is -0.508 e. The lowest BCUT2D eigenvalue weighted by Gasteiger charge is -2.26. The predicted molar refractivity (Wildman–Crippen MR) is 133 cm³/mol. The standard InChI is InChI=1S/C27H27NO4S/c29-20-6-4-5-19(17-20)27-26(24-12-7-21(30)18-25(24)33-27)32-23-10-8-22(9-11-23)31-16-15-28-13-2-1-3-14-28/h4-12,17-18,29-30H,1-3,13-16H2. The minimum absolute atomic E-state index is 0.199. The topological polar surface area (TPSA) is 62.2 Å². The molecule has 0 unspecified atom stereocenters. The van der Waals surface area contributed by atoms with E-state index in [4.69, 9.17) is 9.47 Å². The molecule has 0 spiro atoms. The normalized spacial score (nSPS) is 14.4. The highest BCUT2D eigenvalue weighted by Gasteiger charge is 2.17. The predicted octanol–water partition coefficient (Wildman–Crippen LogP) is 6.64. The fraction of sp³-hybridized carbons (Fsp3) is 0.259. The van der Waals surface area contributed by atoms with Crippen LogP contribution in [0, 0.1) is 0 Å². The van der Waals surface area contributed by atoms with E-state index >= 15 is 0 Å². The Bertz CT molecular complexity index is 1230. The summed E-state index contributed by atoms with van der Waals surface area (Å²) in [6.45, 7) is 3.98. The summed E-state index contributed by atoms with van der Waals surface area (Å²) in [6, 6.07) is 20.1. The van der Waals surface area contributed by atoms with E-state index in [1.165, 1.54) is 43.7 Å². The van der Waals surface area contributed by atoms with E-state index in [-0.39, 0.29) is 11.5 Å². The average molecular weight is 462 g/mol. The molecular weight excluding hydrogens is 434 g/mol. The first-order valence-corrected chi connectivity index (χ1v) is 12.2. The number of fused-ring (bicyclic) bond motifs is 1. The molecule has 0 saturated carbocycles. The van der Waals surface area contributed by atoms with Gasteiger partial charge in [0.1, 0.15) is 29.6 Å². The Hall–Kier alpha value is -3.22. The van der Waals surface area contributed by atoms with E-state index in [9.17, 15) is 10.2 Å². The fourth-order valence-electron chi connectivity index (χ4n) is 4.20. The Morgan fingerprint density at radius 3 is 2.36 bits per heavy atom. The number of hydrogen-bond donors (Lipinski definition) is 2. The third kappa shape index (κ3) is 5.07. The Labute approximate surface area is 197 Å². The van der Waals surface area contributed by atoms with Crippen molar-refractivity contribution in [2.24, 2.45) is 0 Å². The Morgan fingerprint density at radius 2 is 1.58 bits per heavy atom. The Balaban J connectivity index is 1.34. The Kier molecular flexibility index (Phi) is 6.37. The number of benzene rings is 3. The van der Waals surface area contributed by atoms with Crippen molar-refractivity contribution in [1.29, 1.82) is 0 Å². The summed E-state index contributed by atoms with van der Waals surface area (Å²) in [5.74, 6) is 2.65. The summed E-state index contributed by atoms with van der Waals surface area (Å²) in [4.78, 5) is 3.36. The summed E-state index contributed by atoms with van der Waals surface area (Å²) in [5, 5.41) is 20.8. The van der Waals surface area contributed by atoms with E-state index in [1.54, 1.807) is 24.3 Å². The number of phenols is 2. The summed E-state index contributed by atoms with van der Waals surface area (Å²) >= 11 is 1.52. The van der Waals surface area contributed by atoms with Crippen molar-refractivity contribution in [2.75, 3.05) is 26.2 Å². The van der Waals surface area contributed by atoms with Gasteiger partial charge in [-0.15, -0.1) is 11.3 Å². The van der Waals surface area contributed by atoms with E-state index in [0.717, 1.165) is 32.8 Å². The summed E-state index contributed by atoms with van der Waals surface area (Å²) in [5.41, 5.74) is 0.864. The van der Waals surface area contributed by atoms with Gasteiger partial charge in [0.2, 0.25) is 0 Å². The third-order valence-corrected chi connectivity index (χ3v) is 7.09. The van der Waals surface area contributed by atoms with Crippen LogP contribution in [0.15, 0.2) is 66.7 Å². The molecule has 0 aliphatic carbocycles. The number of hydrogen-bond acceptors (Lipinski definition) is 6. The first kappa shape index (κ1) is 21.6. The van der Waals surface area contributed by atoms with E-state index < -0.39 is 0 Å². The number of rotatable bonds is 7. The van der Waals surface area contributed by atoms with Gasteiger partial charge in [0.25, 0.3) is 0 Å². The van der Waals surface area contributed by atoms with E-state index in [0.29, 0.717) is 18.1 Å². The smallest absolute Gasteiger partial charge is 0.153 e. The maximum atomic E-state index is 9.97.